The molecule has 1 aromatic heterocycles. The summed E-state index contributed by atoms with van der Waals surface area (Å²) >= 11 is 0. The summed E-state index contributed by atoms with van der Waals surface area (Å²) in [5, 5.41) is 0. The molecule has 1 aromatic carbocycles. The lowest BCUT2D eigenvalue weighted by Gasteiger charge is -2.21. The summed E-state index contributed by atoms with van der Waals surface area (Å²) in [6.45, 7) is 7.43. The first kappa shape index (κ1) is 15.5. The molecule has 1 heterocycles. The molecule has 0 aliphatic carbocycles. The van der Waals surface area contributed by atoms with E-state index in [0.29, 0.717) is 0 Å². The number of aryl methyl sites for hydroxylation is 1. The second-order valence-corrected chi connectivity index (χ2v) is 4.53. The van der Waals surface area contributed by atoms with Gasteiger partial charge in [0.15, 0.2) is 18.9 Å². The Bertz CT molecular complexity index is 485. The molecular weight excluding hydrogens is 256 g/mol. The Balaban J connectivity index is 0.00000180. The summed E-state index contributed by atoms with van der Waals surface area (Å²) in [5.74, 6) is 0. The summed E-state index contributed by atoms with van der Waals surface area (Å²) in [7, 11) is 0. The van der Waals surface area contributed by atoms with Crippen LogP contribution in [0.3, 0.4) is 0 Å². The molecule has 2 rings (SSSR count). The standard InChI is InChI=1S/C16H21N2.ClH/c1-3-18(16-9-5-4-6-10-16)13-12-17-11-7-8-15(2)14-17;/h4-11,14H,3,12-13H2,1-2H3;1H/q+1;/p-1. The zero-order valence-corrected chi connectivity index (χ0v) is 12.3. The molecule has 19 heavy (non-hydrogen) atoms. The summed E-state index contributed by atoms with van der Waals surface area (Å²) in [6, 6.07) is 14.8. The minimum atomic E-state index is 0. The van der Waals surface area contributed by atoms with E-state index in [-0.39, 0.29) is 12.4 Å². The maximum atomic E-state index is 2.40. The first-order valence-electron chi connectivity index (χ1n) is 6.55. The summed E-state index contributed by atoms with van der Waals surface area (Å²) in [4.78, 5) is 2.40. The van der Waals surface area contributed by atoms with Crippen LogP contribution in [0, 0.1) is 6.92 Å². The monoisotopic (exact) mass is 276 g/mol. The van der Waals surface area contributed by atoms with Crippen LogP contribution >= 0.6 is 0 Å². The number of hydrogen-bond donors (Lipinski definition) is 0. The SMILES string of the molecule is CCN(CC[n+]1cccc(C)c1)c1ccccc1.[Cl-]. The highest BCUT2D eigenvalue weighted by Crippen LogP contribution is 2.11. The van der Waals surface area contributed by atoms with E-state index in [0.717, 1.165) is 19.6 Å². The van der Waals surface area contributed by atoms with E-state index in [1.54, 1.807) is 0 Å². The second-order valence-electron chi connectivity index (χ2n) is 4.53. The van der Waals surface area contributed by atoms with Crippen molar-refractivity contribution in [2.24, 2.45) is 0 Å². The van der Waals surface area contributed by atoms with Crippen molar-refractivity contribution in [1.82, 2.24) is 0 Å². The van der Waals surface area contributed by atoms with Crippen LogP contribution in [-0.2, 0) is 6.54 Å². The first-order valence-corrected chi connectivity index (χ1v) is 6.55. The number of hydrogen-bond acceptors (Lipinski definition) is 1. The Kier molecular flexibility index (Phi) is 6.37. The number of para-hydroxylation sites is 1. The molecule has 102 valence electrons. The molecule has 0 radical (unpaired) electrons. The lowest BCUT2D eigenvalue weighted by Crippen LogP contribution is -3.00. The van der Waals surface area contributed by atoms with Gasteiger partial charge in [-0.3, -0.25) is 0 Å². The van der Waals surface area contributed by atoms with Crippen LogP contribution in [0.1, 0.15) is 12.5 Å². The molecule has 0 N–H and O–H groups in total. The molecular formula is C16H21ClN2. The molecule has 0 bridgehead atoms. The number of nitrogens with zero attached hydrogens (tertiary/aromatic N) is 2. The van der Waals surface area contributed by atoms with Gasteiger partial charge in [-0.2, -0.15) is 0 Å². The van der Waals surface area contributed by atoms with Gasteiger partial charge in [-0.15, -0.1) is 0 Å². The van der Waals surface area contributed by atoms with E-state index in [2.05, 4.69) is 78.2 Å². The van der Waals surface area contributed by atoms with E-state index < -0.39 is 0 Å². The van der Waals surface area contributed by atoms with Gasteiger partial charge >= 0.3 is 0 Å². The topological polar surface area (TPSA) is 7.12 Å². The molecule has 2 aromatic rings. The average molecular weight is 277 g/mol. The lowest BCUT2D eigenvalue weighted by atomic mass is 10.3. The van der Waals surface area contributed by atoms with Gasteiger partial charge < -0.3 is 17.3 Å². The number of halogens is 1. The molecule has 0 spiro atoms. The maximum absolute atomic E-state index is 2.40. The number of likely N-dealkylation sites (N-methyl/N-ethyl adjacent to an activating group) is 1. The molecule has 3 heteroatoms. The van der Waals surface area contributed by atoms with Crippen LogP contribution in [0.25, 0.3) is 0 Å². The Morgan fingerprint density at radius 2 is 1.79 bits per heavy atom. The molecule has 2 nitrogen and oxygen atoms in total. The third kappa shape index (κ3) is 4.56. The average Bonchev–Trinajstić information content (AvgIpc) is 2.41. The molecule has 0 aliphatic rings. The lowest BCUT2D eigenvalue weighted by molar-refractivity contribution is -0.694. The predicted molar refractivity (Wildman–Crippen MR) is 75.7 cm³/mol. The Morgan fingerprint density at radius 1 is 1.05 bits per heavy atom. The van der Waals surface area contributed by atoms with Crippen LogP contribution in [0.4, 0.5) is 5.69 Å². The zero-order chi connectivity index (χ0) is 12.8. The number of anilines is 1. The van der Waals surface area contributed by atoms with Crippen molar-refractivity contribution in [1.29, 1.82) is 0 Å². The van der Waals surface area contributed by atoms with Gasteiger partial charge in [0.2, 0.25) is 0 Å². The van der Waals surface area contributed by atoms with Crippen LogP contribution in [-0.4, -0.2) is 13.1 Å². The minimum absolute atomic E-state index is 0. The minimum Gasteiger partial charge on any atom is -1.00 e. The van der Waals surface area contributed by atoms with Crippen LogP contribution in [0.15, 0.2) is 54.9 Å². The summed E-state index contributed by atoms with van der Waals surface area (Å²) in [5.41, 5.74) is 2.61. The van der Waals surface area contributed by atoms with Gasteiger partial charge in [0.05, 0.1) is 6.54 Å². The molecule has 0 amide bonds. The van der Waals surface area contributed by atoms with Gasteiger partial charge in [0.1, 0.15) is 0 Å². The number of benzene rings is 1. The van der Waals surface area contributed by atoms with Gasteiger partial charge in [-0.25, -0.2) is 4.57 Å². The van der Waals surface area contributed by atoms with Gasteiger partial charge in [-0.05, 0) is 32.0 Å². The largest absolute Gasteiger partial charge is 1.00 e. The fourth-order valence-electron chi connectivity index (χ4n) is 2.14. The molecule has 0 unspecified atom stereocenters. The van der Waals surface area contributed by atoms with Gasteiger partial charge in [-0.1, -0.05) is 18.2 Å². The molecule has 0 saturated heterocycles. The third-order valence-corrected chi connectivity index (χ3v) is 3.14. The van der Waals surface area contributed by atoms with Crippen molar-refractivity contribution in [3.05, 3.63) is 60.4 Å². The second kappa shape index (κ2) is 7.80. The van der Waals surface area contributed by atoms with Crippen molar-refractivity contribution < 1.29 is 17.0 Å². The van der Waals surface area contributed by atoms with Crippen molar-refractivity contribution in [3.8, 4) is 0 Å². The highest BCUT2D eigenvalue weighted by Gasteiger charge is 2.07. The van der Waals surface area contributed by atoms with E-state index in [1.165, 1.54) is 11.3 Å². The van der Waals surface area contributed by atoms with Gasteiger partial charge in [0.25, 0.3) is 0 Å². The van der Waals surface area contributed by atoms with Crippen molar-refractivity contribution in [2.75, 3.05) is 18.0 Å². The van der Waals surface area contributed by atoms with E-state index in [4.69, 9.17) is 0 Å². The van der Waals surface area contributed by atoms with Crippen LogP contribution in [0.5, 0.6) is 0 Å². The van der Waals surface area contributed by atoms with Crippen LogP contribution < -0.4 is 21.9 Å². The fraction of sp³-hybridized carbons (Fsp3) is 0.312. The van der Waals surface area contributed by atoms with Crippen LogP contribution in [0.2, 0.25) is 0 Å². The summed E-state index contributed by atoms with van der Waals surface area (Å²) < 4.78 is 2.25. The molecule has 0 fully saturated rings. The smallest absolute Gasteiger partial charge is 0.171 e. The Labute approximate surface area is 122 Å². The number of pyridine rings is 1. The van der Waals surface area contributed by atoms with Crippen molar-refractivity contribution >= 4 is 5.69 Å². The van der Waals surface area contributed by atoms with Crippen molar-refractivity contribution in [2.45, 2.75) is 20.4 Å². The Morgan fingerprint density at radius 3 is 2.42 bits per heavy atom. The van der Waals surface area contributed by atoms with Gasteiger partial charge in [0, 0.05) is 23.9 Å². The molecule has 0 saturated carbocycles. The number of aromatic nitrogens is 1. The molecule has 0 atom stereocenters. The van der Waals surface area contributed by atoms with E-state index in [9.17, 15) is 0 Å². The number of rotatable bonds is 5. The Hall–Kier alpha value is -1.54. The summed E-state index contributed by atoms with van der Waals surface area (Å²) in [6.07, 6.45) is 4.32. The van der Waals surface area contributed by atoms with E-state index >= 15 is 0 Å². The quantitative estimate of drug-likeness (QED) is 0.687. The highest BCUT2D eigenvalue weighted by molar-refractivity contribution is 5.45. The predicted octanol–water partition coefficient (Wildman–Crippen LogP) is -0.187. The molecule has 0 aliphatic heterocycles. The third-order valence-electron chi connectivity index (χ3n) is 3.14. The van der Waals surface area contributed by atoms with Crippen molar-refractivity contribution in [3.63, 3.8) is 0 Å². The fourth-order valence-corrected chi connectivity index (χ4v) is 2.14. The maximum Gasteiger partial charge on any atom is 0.171 e. The van der Waals surface area contributed by atoms with E-state index in [1.807, 2.05) is 0 Å². The zero-order valence-electron chi connectivity index (χ0n) is 11.6. The normalized spacial score (nSPS) is 9.79. The highest BCUT2D eigenvalue weighted by atomic mass is 35.5. The first-order chi connectivity index (χ1) is 8.79.